The van der Waals surface area contributed by atoms with Crippen LogP contribution in [0.1, 0.15) is 19.4 Å². The molecule has 25 heavy (non-hydrogen) atoms. The molecule has 0 unspecified atom stereocenters. The second-order valence-electron chi connectivity index (χ2n) is 5.97. The number of nitrogens with zero attached hydrogens (tertiary/aromatic N) is 3. The number of furan rings is 1. The highest BCUT2D eigenvalue weighted by Gasteiger charge is 2.19. The molecule has 0 bridgehead atoms. The minimum Gasteiger partial charge on any atom is -0.461 e. The highest BCUT2D eigenvalue weighted by atomic mass is 32.2. The second kappa shape index (κ2) is 7.57. The molecule has 6 nitrogen and oxygen atoms in total. The number of amides is 1. The van der Waals surface area contributed by atoms with Gasteiger partial charge in [0.25, 0.3) is 0 Å². The smallest absolute Gasteiger partial charge is 0.230 e. The Morgan fingerprint density at radius 3 is 2.64 bits per heavy atom. The van der Waals surface area contributed by atoms with Gasteiger partial charge < -0.3 is 9.73 Å². The summed E-state index contributed by atoms with van der Waals surface area (Å²) in [6, 6.07) is 11.8. The van der Waals surface area contributed by atoms with Crippen molar-refractivity contribution in [3.8, 4) is 17.3 Å². The van der Waals surface area contributed by atoms with Gasteiger partial charge in [-0.05, 0) is 45.0 Å². The summed E-state index contributed by atoms with van der Waals surface area (Å²) in [6.45, 7) is 5.91. The minimum atomic E-state index is -0.0296. The summed E-state index contributed by atoms with van der Waals surface area (Å²) in [5.74, 6) is 1.49. The van der Waals surface area contributed by atoms with Crippen molar-refractivity contribution in [3.63, 3.8) is 0 Å². The van der Waals surface area contributed by atoms with Gasteiger partial charge in [0.1, 0.15) is 0 Å². The average molecular weight is 356 g/mol. The van der Waals surface area contributed by atoms with Crippen molar-refractivity contribution in [1.82, 2.24) is 20.1 Å². The Labute approximate surface area is 150 Å². The van der Waals surface area contributed by atoms with Crippen molar-refractivity contribution in [3.05, 3.63) is 48.2 Å². The van der Waals surface area contributed by atoms with E-state index in [4.69, 9.17) is 4.42 Å². The van der Waals surface area contributed by atoms with E-state index in [2.05, 4.69) is 15.5 Å². The highest BCUT2D eigenvalue weighted by molar-refractivity contribution is 7.99. The zero-order chi connectivity index (χ0) is 17.8. The lowest BCUT2D eigenvalue weighted by Gasteiger charge is -2.10. The first-order valence-electron chi connectivity index (χ1n) is 8.03. The van der Waals surface area contributed by atoms with Crippen LogP contribution in [0, 0.1) is 6.92 Å². The quantitative estimate of drug-likeness (QED) is 0.685. The van der Waals surface area contributed by atoms with Gasteiger partial charge in [-0.1, -0.05) is 29.5 Å². The van der Waals surface area contributed by atoms with E-state index in [1.54, 1.807) is 6.26 Å². The Kier molecular flexibility index (Phi) is 5.23. The van der Waals surface area contributed by atoms with Gasteiger partial charge in [0.05, 0.1) is 12.0 Å². The Morgan fingerprint density at radius 1 is 1.24 bits per heavy atom. The number of nitrogens with one attached hydrogen (secondary N) is 1. The van der Waals surface area contributed by atoms with Gasteiger partial charge in [-0.15, -0.1) is 10.2 Å². The lowest BCUT2D eigenvalue weighted by Crippen LogP contribution is -2.31. The zero-order valence-electron chi connectivity index (χ0n) is 14.4. The summed E-state index contributed by atoms with van der Waals surface area (Å²) in [7, 11) is 0. The summed E-state index contributed by atoms with van der Waals surface area (Å²) in [5, 5.41) is 12.0. The molecule has 0 fully saturated rings. The summed E-state index contributed by atoms with van der Waals surface area (Å²) >= 11 is 1.35. The number of rotatable bonds is 6. The molecular weight excluding hydrogens is 336 g/mol. The normalized spacial score (nSPS) is 11.0. The van der Waals surface area contributed by atoms with Gasteiger partial charge >= 0.3 is 0 Å². The Morgan fingerprint density at radius 2 is 2.00 bits per heavy atom. The van der Waals surface area contributed by atoms with Crippen molar-refractivity contribution in [1.29, 1.82) is 0 Å². The number of thioether (sulfide) groups is 1. The summed E-state index contributed by atoms with van der Waals surface area (Å²) in [5.41, 5.74) is 2.09. The maximum absolute atomic E-state index is 11.9. The third-order valence-corrected chi connectivity index (χ3v) is 4.38. The van der Waals surface area contributed by atoms with Gasteiger partial charge in [-0.25, -0.2) is 0 Å². The molecule has 2 heterocycles. The monoisotopic (exact) mass is 356 g/mol. The first-order chi connectivity index (χ1) is 12.0. The topological polar surface area (TPSA) is 73.0 Å². The number of aryl methyl sites for hydroxylation is 1. The molecule has 3 aromatic rings. The molecule has 2 aromatic heterocycles. The van der Waals surface area contributed by atoms with Crippen molar-refractivity contribution in [2.45, 2.75) is 32.0 Å². The number of hydrogen-bond donors (Lipinski definition) is 1. The van der Waals surface area contributed by atoms with E-state index in [0.717, 1.165) is 5.69 Å². The Bertz CT molecular complexity index is 839. The maximum atomic E-state index is 11.9. The van der Waals surface area contributed by atoms with Crippen LogP contribution in [0.2, 0.25) is 0 Å². The van der Waals surface area contributed by atoms with Gasteiger partial charge in [0.15, 0.2) is 10.9 Å². The molecule has 0 aliphatic heterocycles. The number of benzene rings is 1. The van der Waals surface area contributed by atoms with Gasteiger partial charge in [0.2, 0.25) is 11.7 Å². The molecule has 0 saturated carbocycles. The van der Waals surface area contributed by atoms with Crippen LogP contribution in [0.5, 0.6) is 0 Å². The molecule has 7 heteroatoms. The third-order valence-electron chi connectivity index (χ3n) is 3.45. The molecule has 3 rings (SSSR count). The third kappa shape index (κ3) is 4.11. The fourth-order valence-corrected chi connectivity index (χ4v) is 3.11. The van der Waals surface area contributed by atoms with Crippen LogP contribution in [-0.2, 0) is 4.79 Å². The van der Waals surface area contributed by atoms with E-state index < -0.39 is 0 Å². The molecule has 0 spiro atoms. The number of carbonyl (C=O) groups is 1. The number of aromatic nitrogens is 3. The van der Waals surface area contributed by atoms with Gasteiger partial charge in [-0.2, -0.15) is 0 Å². The standard InChI is InChI=1S/C18H20N4O2S/c1-12(2)19-16(23)11-25-18-21-20-17(15-5-4-10-24-15)22(18)14-8-6-13(3)7-9-14/h4-10,12H,11H2,1-3H3,(H,19,23). The number of hydrogen-bond acceptors (Lipinski definition) is 5. The Hall–Kier alpha value is -2.54. The van der Waals surface area contributed by atoms with Crippen molar-refractivity contribution in [2.24, 2.45) is 0 Å². The van der Waals surface area contributed by atoms with Crippen molar-refractivity contribution >= 4 is 17.7 Å². The number of carbonyl (C=O) groups excluding carboxylic acids is 1. The summed E-state index contributed by atoms with van der Waals surface area (Å²) < 4.78 is 7.39. The van der Waals surface area contributed by atoms with Crippen LogP contribution in [0.3, 0.4) is 0 Å². The molecule has 1 amide bonds. The van der Waals surface area contributed by atoms with Crippen molar-refractivity contribution < 1.29 is 9.21 Å². The van der Waals surface area contributed by atoms with E-state index in [0.29, 0.717) is 16.7 Å². The molecule has 0 radical (unpaired) electrons. The fraction of sp³-hybridized carbons (Fsp3) is 0.278. The summed E-state index contributed by atoms with van der Waals surface area (Å²) in [6.07, 6.45) is 1.60. The van der Waals surface area contributed by atoms with Crippen LogP contribution < -0.4 is 5.32 Å². The van der Waals surface area contributed by atoms with E-state index in [1.807, 2.05) is 61.7 Å². The molecule has 0 aliphatic rings. The van der Waals surface area contributed by atoms with Crippen LogP contribution in [0.4, 0.5) is 0 Å². The molecule has 1 aromatic carbocycles. The van der Waals surface area contributed by atoms with Crippen LogP contribution in [-0.4, -0.2) is 32.5 Å². The Balaban J connectivity index is 1.93. The molecule has 130 valence electrons. The maximum Gasteiger partial charge on any atom is 0.230 e. The molecule has 0 aliphatic carbocycles. The molecule has 0 saturated heterocycles. The minimum absolute atomic E-state index is 0.0296. The molecule has 1 N–H and O–H groups in total. The lowest BCUT2D eigenvalue weighted by atomic mass is 10.2. The van der Waals surface area contributed by atoms with E-state index in [1.165, 1.54) is 17.3 Å². The first kappa shape index (κ1) is 17.3. The largest absolute Gasteiger partial charge is 0.461 e. The van der Waals surface area contributed by atoms with E-state index >= 15 is 0 Å². The zero-order valence-corrected chi connectivity index (χ0v) is 15.2. The average Bonchev–Trinajstić information content (AvgIpc) is 3.22. The van der Waals surface area contributed by atoms with E-state index in [-0.39, 0.29) is 17.7 Å². The van der Waals surface area contributed by atoms with Gasteiger partial charge in [0, 0.05) is 11.7 Å². The van der Waals surface area contributed by atoms with E-state index in [9.17, 15) is 4.79 Å². The molecule has 0 atom stereocenters. The van der Waals surface area contributed by atoms with Crippen LogP contribution >= 0.6 is 11.8 Å². The SMILES string of the molecule is Cc1ccc(-n2c(SCC(=O)NC(C)C)nnc2-c2ccco2)cc1. The van der Waals surface area contributed by atoms with Gasteiger partial charge in [-0.3, -0.25) is 9.36 Å². The second-order valence-corrected chi connectivity index (χ2v) is 6.91. The van der Waals surface area contributed by atoms with Crippen molar-refractivity contribution in [2.75, 3.05) is 5.75 Å². The lowest BCUT2D eigenvalue weighted by molar-refractivity contribution is -0.119. The fourth-order valence-electron chi connectivity index (χ4n) is 2.35. The summed E-state index contributed by atoms with van der Waals surface area (Å²) in [4.78, 5) is 11.9. The van der Waals surface area contributed by atoms with Crippen LogP contribution in [0.25, 0.3) is 17.3 Å². The first-order valence-corrected chi connectivity index (χ1v) is 9.01. The molecular formula is C18H20N4O2S. The van der Waals surface area contributed by atoms with Crippen LogP contribution in [0.15, 0.2) is 52.2 Å². The predicted molar refractivity (Wildman–Crippen MR) is 97.8 cm³/mol. The predicted octanol–water partition coefficient (Wildman–Crippen LogP) is 3.45. The highest BCUT2D eigenvalue weighted by Crippen LogP contribution is 2.28.